The van der Waals surface area contributed by atoms with Crippen molar-refractivity contribution in [3.05, 3.63) is 47.3 Å². The smallest absolute Gasteiger partial charge is 0.322 e. The molecule has 7 nitrogen and oxygen atoms in total. The summed E-state index contributed by atoms with van der Waals surface area (Å²) in [4.78, 5) is 30.2. The molecule has 0 bridgehead atoms. The van der Waals surface area contributed by atoms with Gasteiger partial charge in [0.05, 0.1) is 18.1 Å². The molecule has 1 aromatic carbocycles. The number of aromatic nitrogens is 2. The van der Waals surface area contributed by atoms with E-state index in [2.05, 4.69) is 42.0 Å². The molecule has 2 aliphatic heterocycles. The van der Waals surface area contributed by atoms with E-state index < -0.39 is 0 Å². The van der Waals surface area contributed by atoms with Gasteiger partial charge in [-0.25, -0.2) is 4.79 Å². The van der Waals surface area contributed by atoms with E-state index in [0.717, 1.165) is 32.7 Å². The third-order valence-corrected chi connectivity index (χ3v) is 6.14. The first-order valence-corrected chi connectivity index (χ1v) is 10.2. The topological polar surface area (TPSA) is 61.7 Å². The molecule has 2 aromatic rings. The van der Waals surface area contributed by atoms with Crippen molar-refractivity contribution in [2.45, 2.75) is 27.3 Å². The van der Waals surface area contributed by atoms with Crippen molar-refractivity contribution < 1.29 is 9.59 Å². The van der Waals surface area contributed by atoms with Crippen molar-refractivity contribution in [1.29, 1.82) is 0 Å². The van der Waals surface area contributed by atoms with E-state index in [0.29, 0.717) is 17.5 Å². The monoisotopic (exact) mass is 395 g/mol. The molecule has 4 rings (SSSR count). The third kappa shape index (κ3) is 4.05. The van der Waals surface area contributed by atoms with Crippen LogP contribution in [0.15, 0.2) is 30.6 Å². The van der Waals surface area contributed by atoms with Gasteiger partial charge in [0.25, 0.3) is 0 Å². The number of benzene rings is 1. The largest absolute Gasteiger partial charge is 0.344 e. The van der Waals surface area contributed by atoms with Crippen LogP contribution >= 0.6 is 0 Å². The van der Waals surface area contributed by atoms with Crippen molar-refractivity contribution in [3.63, 3.8) is 0 Å². The summed E-state index contributed by atoms with van der Waals surface area (Å²) in [5, 5.41) is 4.17. The van der Waals surface area contributed by atoms with E-state index in [9.17, 15) is 9.59 Å². The molecule has 2 amide bonds. The number of hydrogen-bond acceptors (Lipinski definition) is 4. The van der Waals surface area contributed by atoms with E-state index in [1.807, 2.05) is 4.90 Å². The molecule has 3 heterocycles. The number of likely N-dealkylation sites (tertiary alicyclic amines) is 2. The highest BCUT2D eigenvalue weighted by molar-refractivity contribution is 5.91. The Kier molecular flexibility index (Phi) is 5.17. The molecule has 7 heteroatoms. The fraction of sp³-hybridized carbons (Fsp3) is 0.500. The lowest BCUT2D eigenvalue weighted by Crippen LogP contribution is -2.36. The molecular formula is C22H29N5O2. The van der Waals surface area contributed by atoms with Crippen LogP contribution in [0.3, 0.4) is 0 Å². The minimum atomic E-state index is -0.108. The summed E-state index contributed by atoms with van der Waals surface area (Å²) in [7, 11) is 1.68. The van der Waals surface area contributed by atoms with Gasteiger partial charge >= 0.3 is 6.03 Å². The molecule has 154 valence electrons. The number of carbonyl (C=O) groups excluding carboxylic acids is 2. The van der Waals surface area contributed by atoms with Gasteiger partial charge in [-0.15, -0.1) is 0 Å². The first-order valence-electron chi connectivity index (χ1n) is 10.2. The average Bonchev–Trinajstić information content (AvgIpc) is 3.34. The SMILES string of the molecule is CC(=O)N(C)c1cnn(C(=O)N2CC3CN(Cc4cc(C)cc(C)c4)CC3C2)c1. The van der Waals surface area contributed by atoms with Crippen molar-refractivity contribution in [1.82, 2.24) is 19.6 Å². The van der Waals surface area contributed by atoms with Crippen molar-refractivity contribution in [2.24, 2.45) is 11.8 Å². The maximum absolute atomic E-state index is 12.8. The average molecular weight is 396 g/mol. The number of nitrogens with zero attached hydrogens (tertiary/aromatic N) is 5. The number of carbonyl (C=O) groups is 2. The number of hydrogen-bond donors (Lipinski definition) is 0. The molecule has 1 aromatic heterocycles. The minimum absolute atomic E-state index is 0.0865. The first-order chi connectivity index (χ1) is 13.8. The highest BCUT2D eigenvalue weighted by Crippen LogP contribution is 2.32. The van der Waals surface area contributed by atoms with Gasteiger partial charge in [0, 0.05) is 46.7 Å². The fourth-order valence-electron chi connectivity index (χ4n) is 4.71. The Bertz CT molecular complexity index is 903. The fourth-order valence-corrected chi connectivity index (χ4v) is 4.71. The van der Waals surface area contributed by atoms with Crippen LogP contribution in [0.25, 0.3) is 0 Å². The van der Waals surface area contributed by atoms with Gasteiger partial charge in [0.2, 0.25) is 5.91 Å². The Hall–Kier alpha value is -2.67. The number of aryl methyl sites for hydroxylation is 2. The predicted octanol–water partition coefficient (Wildman–Crippen LogP) is 2.51. The summed E-state index contributed by atoms with van der Waals surface area (Å²) in [5.74, 6) is 0.941. The number of anilines is 1. The molecule has 0 spiro atoms. The van der Waals surface area contributed by atoms with Crippen molar-refractivity contribution >= 4 is 17.6 Å². The lowest BCUT2D eigenvalue weighted by molar-refractivity contribution is -0.116. The molecule has 2 saturated heterocycles. The zero-order chi connectivity index (χ0) is 20.7. The van der Waals surface area contributed by atoms with Gasteiger partial charge in [-0.3, -0.25) is 9.69 Å². The van der Waals surface area contributed by atoms with E-state index in [-0.39, 0.29) is 11.9 Å². The lowest BCUT2D eigenvalue weighted by atomic mass is 10.0. The molecule has 2 fully saturated rings. The van der Waals surface area contributed by atoms with E-state index in [1.165, 1.54) is 33.2 Å². The van der Waals surface area contributed by atoms with Gasteiger partial charge in [0.15, 0.2) is 0 Å². The van der Waals surface area contributed by atoms with Crippen LogP contribution in [0, 0.1) is 25.7 Å². The second kappa shape index (κ2) is 7.63. The summed E-state index contributed by atoms with van der Waals surface area (Å²) in [6, 6.07) is 6.64. The minimum Gasteiger partial charge on any atom is -0.322 e. The Labute approximate surface area is 171 Å². The molecule has 0 radical (unpaired) electrons. The van der Waals surface area contributed by atoms with Crippen LogP contribution < -0.4 is 4.90 Å². The van der Waals surface area contributed by atoms with Crippen molar-refractivity contribution in [3.8, 4) is 0 Å². The number of amides is 2. The highest BCUT2D eigenvalue weighted by atomic mass is 16.2. The quantitative estimate of drug-likeness (QED) is 0.801. The molecule has 0 saturated carbocycles. The molecule has 2 aliphatic rings. The highest BCUT2D eigenvalue weighted by Gasteiger charge is 2.42. The van der Waals surface area contributed by atoms with Crippen LogP contribution in [-0.2, 0) is 11.3 Å². The summed E-state index contributed by atoms with van der Waals surface area (Å²) >= 11 is 0. The molecular weight excluding hydrogens is 366 g/mol. The van der Waals surface area contributed by atoms with E-state index in [4.69, 9.17) is 0 Å². The van der Waals surface area contributed by atoms with Gasteiger partial charge in [-0.05, 0) is 31.2 Å². The molecule has 0 N–H and O–H groups in total. The van der Waals surface area contributed by atoms with Crippen LogP contribution in [0.4, 0.5) is 10.5 Å². The Morgan fingerprint density at radius 1 is 1.07 bits per heavy atom. The summed E-state index contributed by atoms with van der Waals surface area (Å²) in [6.07, 6.45) is 3.19. The standard InChI is InChI=1S/C22H29N5O2/c1-15-5-16(2)7-18(6-15)9-25-10-19-12-26(13-20(19)11-25)22(29)27-14-21(8-23-27)24(4)17(3)28/h5-8,14,19-20H,9-13H2,1-4H3. The zero-order valence-electron chi connectivity index (χ0n) is 17.6. The molecule has 2 unspecified atom stereocenters. The van der Waals surface area contributed by atoms with Gasteiger partial charge in [-0.1, -0.05) is 29.3 Å². The van der Waals surface area contributed by atoms with Crippen LogP contribution in [0.5, 0.6) is 0 Å². The maximum atomic E-state index is 12.8. The van der Waals surface area contributed by atoms with Gasteiger partial charge < -0.3 is 9.80 Å². The Balaban J connectivity index is 1.35. The molecule has 0 aliphatic carbocycles. The van der Waals surface area contributed by atoms with Gasteiger partial charge in [-0.2, -0.15) is 9.78 Å². The third-order valence-electron chi connectivity index (χ3n) is 6.14. The number of fused-ring (bicyclic) bond motifs is 1. The second-order valence-electron chi connectivity index (χ2n) is 8.62. The van der Waals surface area contributed by atoms with E-state index in [1.54, 1.807) is 19.4 Å². The van der Waals surface area contributed by atoms with Crippen LogP contribution in [-0.4, -0.2) is 64.7 Å². The summed E-state index contributed by atoms with van der Waals surface area (Å²) < 4.78 is 1.35. The maximum Gasteiger partial charge on any atom is 0.344 e. The summed E-state index contributed by atoms with van der Waals surface area (Å²) in [5.41, 5.74) is 4.62. The normalized spacial score (nSPS) is 21.4. The summed E-state index contributed by atoms with van der Waals surface area (Å²) in [6.45, 7) is 10.3. The van der Waals surface area contributed by atoms with Crippen LogP contribution in [0.2, 0.25) is 0 Å². The van der Waals surface area contributed by atoms with Crippen molar-refractivity contribution in [2.75, 3.05) is 38.1 Å². The second-order valence-corrected chi connectivity index (χ2v) is 8.62. The number of rotatable bonds is 3. The zero-order valence-corrected chi connectivity index (χ0v) is 17.6. The lowest BCUT2D eigenvalue weighted by Gasteiger charge is -2.21. The molecule has 2 atom stereocenters. The van der Waals surface area contributed by atoms with E-state index >= 15 is 0 Å². The van der Waals surface area contributed by atoms with Crippen LogP contribution in [0.1, 0.15) is 23.6 Å². The first kappa shape index (κ1) is 19.6. The molecule has 29 heavy (non-hydrogen) atoms. The van der Waals surface area contributed by atoms with Gasteiger partial charge in [0.1, 0.15) is 0 Å². The Morgan fingerprint density at radius 2 is 1.69 bits per heavy atom. The predicted molar refractivity (Wildman–Crippen MR) is 112 cm³/mol. The Morgan fingerprint density at radius 3 is 2.28 bits per heavy atom.